The lowest BCUT2D eigenvalue weighted by Crippen LogP contribution is -2.34. The molecule has 0 amide bonds. The van der Waals surface area contributed by atoms with Crippen LogP contribution in [0.5, 0.6) is 0 Å². The summed E-state index contributed by atoms with van der Waals surface area (Å²) in [5.74, 6) is 2.70. The van der Waals surface area contributed by atoms with E-state index in [1.165, 1.54) is 0 Å². The van der Waals surface area contributed by atoms with Crippen molar-refractivity contribution >= 4 is 52.6 Å². The lowest BCUT2D eigenvalue weighted by atomic mass is 10.3. The van der Waals surface area contributed by atoms with Crippen LogP contribution in [0.25, 0.3) is 0 Å². The second-order valence-corrected chi connectivity index (χ2v) is 10.4. The maximum absolute atomic E-state index is 8.25. The Morgan fingerprint density at radius 1 is 0.828 bits per heavy atom. The predicted octanol–water partition coefficient (Wildman–Crippen LogP) is 4.03. The van der Waals surface area contributed by atoms with Gasteiger partial charge in [-0.3, -0.25) is 5.41 Å². The van der Waals surface area contributed by atoms with Crippen LogP contribution in [0.3, 0.4) is 0 Å². The number of benzene rings is 3. The summed E-state index contributed by atoms with van der Waals surface area (Å²) < 4.78 is 0. The van der Waals surface area contributed by atoms with Gasteiger partial charge in [0.1, 0.15) is 15.9 Å². The van der Waals surface area contributed by atoms with Crippen molar-refractivity contribution in [1.82, 2.24) is 4.90 Å². The quantitative estimate of drug-likeness (QED) is 0.217. The van der Waals surface area contributed by atoms with Crippen LogP contribution in [-0.2, 0) is 0 Å². The highest BCUT2D eigenvalue weighted by Gasteiger charge is 2.51. The van der Waals surface area contributed by atoms with Crippen molar-refractivity contribution in [3.63, 3.8) is 0 Å². The number of nitrogens with zero attached hydrogens (tertiary/aromatic N) is 2. The Kier molecular flexibility index (Phi) is 6.85. The normalized spacial score (nSPS) is 11.1. The van der Waals surface area contributed by atoms with Crippen molar-refractivity contribution in [1.29, 1.82) is 5.41 Å². The zero-order valence-corrected chi connectivity index (χ0v) is 18.2. The number of aliphatic imine (C=N–C) groups is 1. The van der Waals surface area contributed by atoms with E-state index in [9.17, 15) is 0 Å². The fourth-order valence-corrected chi connectivity index (χ4v) is 7.85. The molecule has 1 N–H and O–H groups in total. The number of nitrogens with one attached hydrogen (secondary N) is 1. The van der Waals surface area contributed by atoms with Gasteiger partial charge in [0.25, 0.3) is 0 Å². The van der Waals surface area contributed by atoms with E-state index in [-0.39, 0.29) is 0 Å². The maximum atomic E-state index is 8.25. The summed E-state index contributed by atoms with van der Waals surface area (Å²) in [5.41, 5.74) is 0. The molecule has 144 valence electrons. The molecule has 0 radical (unpaired) electrons. The largest absolute Gasteiger partial charge is 0.369 e. The summed E-state index contributed by atoms with van der Waals surface area (Å²) in [6.07, 6.45) is 1.68. The van der Waals surface area contributed by atoms with Crippen molar-refractivity contribution in [3.05, 3.63) is 96.3 Å². The van der Waals surface area contributed by atoms with Crippen molar-refractivity contribution in [3.8, 4) is 0 Å². The van der Waals surface area contributed by atoms with Gasteiger partial charge in [-0.05, 0) is 36.4 Å². The van der Waals surface area contributed by atoms with Crippen LogP contribution in [0.1, 0.15) is 0 Å². The summed E-state index contributed by atoms with van der Waals surface area (Å²) in [6, 6.07) is 30.9. The van der Waals surface area contributed by atoms with E-state index in [1.807, 2.05) is 73.6 Å². The first-order valence-corrected chi connectivity index (χ1v) is 11.4. The molecule has 0 unspecified atom stereocenters. The van der Waals surface area contributed by atoms with Crippen LogP contribution >= 0.6 is 19.5 Å². The van der Waals surface area contributed by atoms with E-state index >= 15 is 0 Å². The second-order valence-electron chi connectivity index (χ2n) is 6.66. The Hall–Kier alpha value is -2.90. The minimum Gasteiger partial charge on any atom is -0.369 e. The molecule has 3 nitrogen and oxygen atoms in total. The maximum Gasteiger partial charge on any atom is 0.205 e. The van der Waals surface area contributed by atoms with Crippen LogP contribution in [0.2, 0.25) is 0 Å². The molecule has 0 atom stereocenters. The van der Waals surface area contributed by atoms with E-state index in [0.717, 1.165) is 15.9 Å². The molecule has 0 aromatic heterocycles. The molecule has 0 aliphatic carbocycles. The number of hydrogen-bond donors (Lipinski definition) is 1. The molecule has 3 aromatic carbocycles. The van der Waals surface area contributed by atoms with E-state index in [4.69, 9.17) is 17.6 Å². The smallest absolute Gasteiger partial charge is 0.205 e. The molecule has 0 aliphatic heterocycles. The Morgan fingerprint density at radius 3 is 1.52 bits per heavy atom. The number of thiocarbonyl (C=S) groups is 1. The first-order chi connectivity index (χ1) is 14.1. The van der Waals surface area contributed by atoms with Crippen molar-refractivity contribution in [2.24, 2.45) is 4.99 Å². The molecule has 0 saturated carbocycles. The summed E-state index contributed by atoms with van der Waals surface area (Å²) in [5, 5.41) is 12.3. The zero-order chi connectivity index (χ0) is 20.7. The van der Waals surface area contributed by atoms with Gasteiger partial charge in [0.05, 0.1) is 6.34 Å². The molecule has 0 heterocycles. The van der Waals surface area contributed by atoms with Crippen molar-refractivity contribution in [2.45, 2.75) is 0 Å². The molecule has 3 rings (SSSR count). The molecule has 0 spiro atoms. The fraction of sp³-hybridized carbons (Fsp3) is 0.0833. The topological polar surface area (TPSA) is 39.5 Å². The Balaban J connectivity index is 2.40. The standard InChI is InChI=1S/C24H23N3PS/c1-27(2)19-26-24(29)23(18-25)28(20-12-6-3-7-13-20,21-14-8-4-9-15-21)22-16-10-5-11-17-22/h3-17,19,25H,1-2H3/q+1. The van der Waals surface area contributed by atoms with Crippen molar-refractivity contribution in [2.75, 3.05) is 14.1 Å². The average Bonchev–Trinajstić information content (AvgIpc) is 2.77. The Morgan fingerprint density at radius 2 is 1.21 bits per heavy atom. The van der Waals surface area contributed by atoms with E-state index in [1.54, 1.807) is 6.34 Å². The van der Waals surface area contributed by atoms with Gasteiger partial charge in [-0.1, -0.05) is 66.8 Å². The van der Waals surface area contributed by atoms with Crippen LogP contribution in [0, 0.1) is 5.41 Å². The van der Waals surface area contributed by atoms with Gasteiger partial charge >= 0.3 is 0 Å². The summed E-state index contributed by atoms with van der Waals surface area (Å²) in [7, 11) is 1.36. The molecular formula is C24H23N3PS+. The molecule has 0 bridgehead atoms. The van der Waals surface area contributed by atoms with Crippen LogP contribution < -0.4 is 15.9 Å². The third-order valence-corrected chi connectivity index (χ3v) is 9.17. The highest BCUT2D eigenvalue weighted by molar-refractivity contribution is 8.01. The van der Waals surface area contributed by atoms with Gasteiger partial charge in [-0.2, -0.15) is 0 Å². The van der Waals surface area contributed by atoms with Crippen LogP contribution in [0.15, 0.2) is 101 Å². The van der Waals surface area contributed by atoms with Gasteiger partial charge in [0.15, 0.2) is 12.3 Å². The molecular weight excluding hydrogens is 393 g/mol. The van der Waals surface area contributed by atoms with Gasteiger partial charge in [-0.25, -0.2) is 4.99 Å². The first-order valence-electron chi connectivity index (χ1n) is 9.22. The molecule has 0 saturated heterocycles. The van der Waals surface area contributed by atoms with Gasteiger partial charge in [0.2, 0.25) is 5.31 Å². The van der Waals surface area contributed by atoms with Crippen LogP contribution in [0.4, 0.5) is 0 Å². The summed E-state index contributed by atoms with van der Waals surface area (Å²) in [6.45, 7) is 0. The summed E-state index contributed by atoms with van der Waals surface area (Å²) in [4.78, 5) is 6.70. The fourth-order valence-electron chi connectivity index (χ4n) is 3.30. The predicted molar refractivity (Wildman–Crippen MR) is 131 cm³/mol. The van der Waals surface area contributed by atoms with E-state index in [0.29, 0.717) is 10.3 Å². The molecule has 3 aromatic rings. The number of rotatable bonds is 6. The minimum absolute atomic E-state index is 0.388. The third-order valence-electron chi connectivity index (χ3n) is 4.49. The monoisotopic (exact) mass is 416 g/mol. The highest BCUT2D eigenvalue weighted by atomic mass is 32.1. The minimum atomic E-state index is -2.43. The SMILES string of the molecule is CN(C)C=NC(=S)C(=C=N)[P+](c1ccccc1)(c1ccccc1)c1ccccc1. The molecule has 5 heteroatoms. The second kappa shape index (κ2) is 9.54. The lowest BCUT2D eigenvalue weighted by molar-refractivity contribution is 0.644. The third kappa shape index (κ3) is 4.26. The van der Waals surface area contributed by atoms with Gasteiger partial charge in [-0.15, -0.1) is 0 Å². The molecule has 0 fully saturated rings. The van der Waals surface area contributed by atoms with Gasteiger partial charge in [0, 0.05) is 20.0 Å². The van der Waals surface area contributed by atoms with E-state index in [2.05, 4.69) is 47.3 Å². The average molecular weight is 417 g/mol. The Labute approximate surface area is 178 Å². The van der Waals surface area contributed by atoms with Gasteiger partial charge < -0.3 is 4.90 Å². The molecule has 0 aliphatic rings. The Bertz CT molecular complexity index is 945. The highest BCUT2D eigenvalue weighted by Crippen LogP contribution is 2.62. The van der Waals surface area contributed by atoms with E-state index < -0.39 is 7.26 Å². The van der Waals surface area contributed by atoms with Crippen LogP contribution in [-0.4, -0.2) is 36.2 Å². The summed E-state index contributed by atoms with van der Waals surface area (Å²) >= 11 is 5.72. The van der Waals surface area contributed by atoms with Crippen molar-refractivity contribution < 1.29 is 0 Å². The number of hydrogen-bond acceptors (Lipinski definition) is 2. The zero-order valence-electron chi connectivity index (χ0n) is 16.5. The lowest BCUT2D eigenvalue weighted by Gasteiger charge is -2.27. The molecule has 29 heavy (non-hydrogen) atoms. The first kappa shape index (κ1) is 20.8.